The lowest BCUT2D eigenvalue weighted by Crippen LogP contribution is -2.31. The molecule has 0 spiro atoms. The van der Waals surface area contributed by atoms with Crippen LogP contribution in [0.25, 0.3) is 0 Å². The van der Waals surface area contributed by atoms with Crippen molar-refractivity contribution in [1.82, 2.24) is 0 Å². The molecule has 0 aliphatic carbocycles. The summed E-state index contributed by atoms with van der Waals surface area (Å²) in [6, 6.07) is 16.6. The third-order valence-electron chi connectivity index (χ3n) is 5.28. The van der Waals surface area contributed by atoms with Crippen molar-refractivity contribution in [3.63, 3.8) is 0 Å². The van der Waals surface area contributed by atoms with Crippen molar-refractivity contribution in [2.45, 2.75) is 5.41 Å². The number of phenolic OH excluding ortho intramolecular Hbond substituents is 2. The second-order valence-electron chi connectivity index (χ2n) is 7.09. The van der Waals surface area contributed by atoms with Crippen molar-refractivity contribution >= 4 is 0 Å². The topological polar surface area (TPSA) is 40.5 Å². The van der Waals surface area contributed by atoms with Gasteiger partial charge in [0.25, 0.3) is 0 Å². The van der Waals surface area contributed by atoms with Gasteiger partial charge in [-0.1, -0.05) is 24.3 Å². The predicted molar refractivity (Wildman–Crippen MR) is 108 cm³/mol. The van der Waals surface area contributed by atoms with Crippen LogP contribution in [-0.2, 0) is 5.41 Å². The van der Waals surface area contributed by atoms with Crippen molar-refractivity contribution < 1.29 is 27.8 Å². The molecule has 0 saturated carbocycles. The van der Waals surface area contributed by atoms with Crippen molar-refractivity contribution in [3.8, 4) is 11.5 Å². The quantitative estimate of drug-likeness (QED) is 0.310. The molecule has 0 atom stereocenters. The number of hydrogen-bond acceptors (Lipinski definition) is 2. The van der Waals surface area contributed by atoms with E-state index in [1.165, 1.54) is 24.3 Å². The van der Waals surface area contributed by atoms with Crippen LogP contribution < -0.4 is 0 Å². The van der Waals surface area contributed by atoms with E-state index in [1.54, 1.807) is 0 Å². The minimum Gasteiger partial charge on any atom is -0.508 e. The molecule has 31 heavy (non-hydrogen) atoms. The maximum absolute atomic E-state index is 14.4. The summed E-state index contributed by atoms with van der Waals surface area (Å²) in [7, 11) is 0. The molecule has 0 radical (unpaired) electrons. The second kappa shape index (κ2) is 7.80. The Bertz CT molecular complexity index is 1140. The van der Waals surface area contributed by atoms with E-state index in [9.17, 15) is 27.8 Å². The molecule has 4 aromatic rings. The second-order valence-corrected chi connectivity index (χ2v) is 7.09. The van der Waals surface area contributed by atoms with E-state index in [4.69, 9.17) is 0 Å². The molecule has 4 aromatic carbocycles. The molecule has 2 nitrogen and oxygen atoms in total. The highest BCUT2D eigenvalue weighted by Crippen LogP contribution is 2.50. The van der Waals surface area contributed by atoms with Crippen molar-refractivity contribution in [2.24, 2.45) is 0 Å². The lowest BCUT2D eigenvalue weighted by Gasteiger charge is -2.37. The standard InChI is InChI=1S/C25H16F4O2/c26-17-5-1-15(2-6-17)25(16-3-7-18(27)8-4-16,21-13-19(28)9-11-23(21)30)22-14-20(29)10-12-24(22)31/h1-14,30-31H. The first kappa shape index (κ1) is 20.5. The molecular weight excluding hydrogens is 408 g/mol. The van der Waals surface area contributed by atoms with Crippen LogP contribution in [0, 0.1) is 23.3 Å². The molecule has 2 N–H and O–H groups in total. The third-order valence-corrected chi connectivity index (χ3v) is 5.28. The summed E-state index contributed by atoms with van der Waals surface area (Å²) in [5, 5.41) is 21.5. The third kappa shape index (κ3) is 3.50. The molecule has 0 aliphatic rings. The number of aromatic hydroxyl groups is 2. The highest BCUT2D eigenvalue weighted by atomic mass is 19.1. The Morgan fingerprint density at radius 3 is 1.13 bits per heavy atom. The summed E-state index contributed by atoms with van der Waals surface area (Å²) in [4.78, 5) is 0. The van der Waals surface area contributed by atoms with E-state index >= 15 is 0 Å². The molecule has 0 heterocycles. The molecule has 0 saturated heterocycles. The highest BCUT2D eigenvalue weighted by Gasteiger charge is 2.43. The lowest BCUT2D eigenvalue weighted by molar-refractivity contribution is 0.442. The Kier molecular flexibility index (Phi) is 5.15. The van der Waals surface area contributed by atoms with Crippen LogP contribution in [0.15, 0.2) is 84.9 Å². The number of hydrogen-bond donors (Lipinski definition) is 2. The SMILES string of the molecule is Oc1ccc(F)cc1C(c1ccc(F)cc1)(c1ccc(F)cc1)c1cc(F)ccc1O. The van der Waals surface area contributed by atoms with E-state index in [-0.39, 0.29) is 22.6 Å². The van der Waals surface area contributed by atoms with Gasteiger partial charge in [0, 0.05) is 11.1 Å². The Morgan fingerprint density at radius 1 is 0.452 bits per heavy atom. The Morgan fingerprint density at radius 2 is 0.774 bits per heavy atom. The minimum absolute atomic E-state index is 0.0355. The van der Waals surface area contributed by atoms with E-state index < -0.39 is 28.7 Å². The van der Waals surface area contributed by atoms with Crippen LogP contribution in [-0.4, -0.2) is 10.2 Å². The largest absolute Gasteiger partial charge is 0.508 e. The van der Waals surface area contributed by atoms with E-state index in [0.717, 1.165) is 60.7 Å². The summed E-state index contributed by atoms with van der Waals surface area (Å²) in [6.07, 6.45) is 0. The fourth-order valence-electron chi connectivity index (χ4n) is 3.95. The molecule has 0 bridgehead atoms. The van der Waals surface area contributed by atoms with Gasteiger partial charge in [0.2, 0.25) is 0 Å². The smallest absolute Gasteiger partial charge is 0.123 e. The van der Waals surface area contributed by atoms with Crippen LogP contribution in [0.2, 0.25) is 0 Å². The van der Waals surface area contributed by atoms with Crippen molar-refractivity contribution in [2.75, 3.05) is 0 Å². The summed E-state index contributed by atoms with van der Waals surface area (Å²) < 4.78 is 56.2. The van der Waals surface area contributed by atoms with Gasteiger partial charge in [0.05, 0.1) is 5.41 Å². The van der Waals surface area contributed by atoms with Crippen molar-refractivity contribution in [1.29, 1.82) is 0 Å². The van der Waals surface area contributed by atoms with Gasteiger partial charge in [-0.05, 0) is 71.8 Å². The number of rotatable bonds is 4. The molecule has 6 heteroatoms. The molecule has 0 fully saturated rings. The Labute approximate surface area is 175 Å². The average molecular weight is 424 g/mol. The van der Waals surface area contributed by atoms with Crippen molar-refractivity contribution in [3.05, 3.63) is 130 Å². The van der Waals surface area contributed by atoms with E-state index in [2.05, 4.69) is 0 Å². The molecule has 156 valence electrons. The predicted octanol–water partition coefficient (Wildman–Crippen LogP) is 6.04. The van der Waals surface area contributed by atoms with Gasteiger partial charge in [-0.3, -0.25) is 0 Å². The van der Waals surface area contributed by atoms with Gasteiger partial charge in [-0.25, -0.2) is 17.6 Å². The summed E-state index contributed by atoms with van der Waals surface area (Å²) in [5.74, 6) is -3.20. The fraction of sp³-hybridized carbons (Fsp3) is 0.0400. The first-order valence-corrected chi connectivity index (χ1v) is 9.32. The first-order valence-electron chi connectivity index (χ1n) is 9.32. The number of phenols is 2. The number of halogens is 4. The zero-order chi connectivity index (χ0) is 22.2. The Balaban J connectivity index is 2.23. The van der Waals surface area contributed by atoms with Gasteiger partial charge in [-0.2, -0.15) is 0 Å². The fourth-order valence-corrected chi connectivity index (χ4v) is 3.95. The summed E-state index contributed by atoms with van der Waals surface area (Å²) in [5.41, 5.74) is -1.18. The van der Waals surface area contributed by atoms with E-state index in [1.807, 2.05) is 0 Å². The van der Waals surface area contributed by atoms with Crippen LogP contribution >= 0.6 is 0 Å². The van der Waals surface area contributed by atoms with Gasteiger partial charge >= 0.3 is 0 Å². The monoisotopic (exact) mass is 424 g/mol. The maximum Gasteiger partial charge on any atom is 0.123 e. The zero-order valence-electron chi connectivity index (χ0n) is 16.0. The summed E-state index contributed by atoms with van der Waals surface area (Å²) in [6.45, 7) is 0. The maximum atomic E-state index is 14.4. The van der Waals surface area contributed by atoms with E-state index in [0.29, 0.717) is 11.1 Å². The first-order chi connectivity index (χ1) is 14.8. The highest BCUT2D eigenvalue weighted by molar-refractivity contribution is 5.65. The van der Waals surface area contributed by atoms with Gasteiger partial charge < -0.3 is 10.2 Å². The average Bonchev–Trinajstić information content (AvgIpc) is 2.75. The molecule has 0 aliphatic heterocycles. The lowest BCUT2D eigenvalue weighted by atomic mass is 9.64. The zero-order valence-corrected chi connectivity index (χ0v) is 16.0. The van der Waals surface area contributed by atoms with Gasteiger partial charge in [-0.15, -0.1) is 0 Å². The van der Waals surface area contributed by atoms with Crippen LogP contribution in [0.1, 0.15) is 22.3 Å². The molecule has 0 aromatic heterocycles. The van der Waals surface area contributed by atoms with Gasteiger partial charge in [0.15, 0.2) is 0 Å². The molecular formula is C25H16F4O2. The minimum atomic E-state index is -1.69. The van der Waals surface area contributed by atoms with Crippen LogP contribution in [0.3, 0.4) is 0 Å². The molecule has 4 rings (SSSR count). The molecule has 0 amide bonds. The normalized spacial score (nSPS) is 11.5. The van der Waals surface area contributed by atoms with Crippen LogP contribution in [0.5, 0.6) is 11.5 Å². The Hall–Kier alpha value is -3.80. The number of benzene rings is 4. The van der Waals surface area contributed by atoms with Gasteiger partial charge in [0.1, 0.15) is 34.8 Å². The summed E-state index contributed by atoms with van der Waals surface area (Å²) >= 11 is 0. The van der Waals surface area contributed by atoms with Crippen LogP contribution in [0.4, 0.5) is 17.6 Å². The molecule has 0 unspecified atom stereocenters.